The first-order valence-corrected chi connectivity index (χ1v) is 20.6. The van der Waals surface area contributed by atoms with Gasteiger partial charge in [-0.25, -0.2) is 0 Å². The third-order valence-corrected chi connectivity index (χ3v) is 15.4. The lowest BCUT2D eigenvalue weighted by Crippen LogP contribution is -2.74. The predicted octanol–water partition coefficient (Wildman–Crippen LogP) is 11.2. The van der Waals surface area contributed by atoms with E-state index in [0.717, 1.165) is 0 Å². The Kier molecular flexibility index (Phi) is 4.45. The molecule has 0 saturated heterocycles. The second kappa shape index (κ2) is 12.8. The Hall–Kier alpha value is -7.40. The molecule has 0 atom stereocenters. The molecule has 3 nitrogen and oxygen atoms in total. The first kappa shape index (κ1) is 20.1. The second-order valence-electron chi connectivity index (χ2n) is 13.9. The van der Waals surface area contributed by atoms with E-state index in [2.05, 4.69) is 0 Å². The zero-order chi connectivity index (χ0) is 53.0. The van der Waals surface area contributed by atoms with Gasteiger partial charge in [-0.15, -0.1) is 0 Å². The summed E-state index contributed by atoms with van der Waals surface area (Å²) in [5, 5.41) is 2.19. The molecule has 3 aromatic heterocycles. The van der Waals surface area contributed by atoms with Gasteiger partial charge in [-0.05, 0) is 63.1 Å². The molecule has 0 unspecified atom stereocenters. The first-order chi connectivity index (χ1) is 35.9. The second-order valence-corrected chi connectivity index (χ2v) is 17.6. The molecule has 0 N–H and O–H groups in total. The molecule has 0 amide bonds. The highest BCUT2D eigenvalue weighted by Crippen LogP contribution is 2.45. The van der Waals surface area contributed by atoms with Crippen molar-refractivity contribution in [1.82, 2.24) is 9.13 Å². The van der Waals surface area contributed by atoms with Gasteiger partial charge in [0, 0.05) is 32.6 Å². The van der Waals surface area contributed by atoms with Crippen molar-refractivity contribution in [2.24, 2.45) is 0 Å². The van der Waals surface area contributed by atoms with Crippen molar-refractivity contribution in [2.75, 3.05) is 0 Å². The fraction of sp³-hybridized carbons (Fsp3) is 0. The number of hydrogen-bond acceptors (Lipinski definition) is 1. The van der Waals surface area contributed by atoms with Crippen LogP contribution in [0.15, 0.2) is 222 Å². The van der Waals surface area contributed by atoms with Crippen molar-refractivity contribution in [2.45, 2.75) is 0 Å². The van der Waals surface area contributed by atoms with Crippen LogP contribution in [0, 0.1) is 0 Å². The summed E-state index contributed by atoms with van der Waals surface area (Å²) in [6.07, 6.45) is 0. The molecular weight excluding hydrogens is 721 g/mol. The number of hydrogen-bond donors (Lipinski definition) is 0. The molecular formula is C54H36N2OSi. The summed E-state index contributed by atoms with van der Waals surface area (Å²) in [6, 6.07) is 23.6. The zero-order valence-corrected chi connectivity index (χ0v) is 31.3. The van der Waals surface area contributed by atoms with Gasteiger partial charge in [0.15, 0.2) is 13.7 Å². The summed E-state index contributed by atoms with van der Waals surface area (Å²) < 4.78 is 167. The zero-order valence-electron chi connectivity index (χ0n) is 47.3. The Bertz CT molecular complexity index is 4340. The highest BCUT2D eigenvalue weighted by Gasteiger charge is 2.41. The van der Waals surface area contributed by atoms with Gasteiger partial charge in [-0.3, -0.25) is 0 Å². The Morgan fingerprint density at radius 3 is 1.64 bits per heavy atom. The highest BCUT2D eigenvalue weighted by molar-refractivity contribution is 7.19. The van der Waals surface area contributed by atoms with Crippen LogP contribution >= 0.6 is 0 Å². The molecule has 0 radical (unpaired) electrons. The van der Waals surface area contributed by atoms with E-state index in [1.54, 1.807) is 120 Å². The molecule has 58 heavy (non-hydrogen) atoms. The average molecular weight is 774 g/mol. The van der Waals surface area contributed by atoms with Gasteiger partial charge in [0.1, 0.15) is 5.58 Å². The highest BCUT2D eigenvalue weighted by atomic mass is 28.3. The van der Waals surface area contributed by atoms with Gasteiger partial charge >= 0.3 is 0 Å². The van der Waals surface area contributed by atoms with E-state index in [1.807, 2.05) is 0 Å². The minimum absolute atomic E-state index is 0.0963. The van der Waals surface area contributed by atoms with Crippen LogP contribution in [0.4, 0.5) is 0 Å². The Balaban J connectivity index is 1.27. The van der Waals surface area contributed by atoms with E-state index in [4.69, 9.17) is 16.8 Å². The van der Waals surface area contributed by atoms with Gasteiger partial charge in [0.2, 0.25) is 0 Å². The molecule has 0 aliphatic heterocycles. The predicted molar refractivity (Wildman–Crippen MR) is 246 cm³/mol. The molecule has 12 rings (SSSR count). The third-order valence-electron chi connectivity index (χ3n) is 11.0. The van der Waals surface area contributed by atoms with Crippen LogP contribution in [-0.2, 0) is 0 Å². The van der Waals surface area contributed by atoms with Crippen molar-refractivity contribution in [3.8, 4) is 11.4 Å². The molecule has 272 valence electrons. The van der Waals surface area contributed by atoms with Gasteiger partial charge in [0.25, 0.3) is 0 Å². The first-order valence-electron chi connectivity index (χ1n) is 27.1. The van der Waals surface area contributed by atoms with E-state index in [0.29, 0.717) is 48.5 Å². The number of para-hydroxylation sites is 4. The third kappa shape index (κ3) is 4.61. The lowest BCUT2D eigenvalue weighted by molar-refractivity contribution is 0.666. The number of fused-ring (bicyclic) bond motifs is 10. The van der Waals surface area contributed by atoms with Gasteiger partial charge in [0.05, 0.1) is 56.4 Å². The van der Waals surface area contributed by atoms with Crippen LogP contribution in [-0.4, -0.2) is 17.2 Å². The number of nitrogens with zero attached hydrogens (tertiary/aromatic N) is 2. The molecule has 0 bridgehead atoms. The van der Waals surface area contributed by atoms with E-state index in [-0.39, 0.29) is 49.1 Å². The van der Waals surface area contributed by atoms with Crippen LogP contribution in [0.3, 0.4) is 0 Å². The van der Waals surface area contributed by atoms with E-state index in [9.17, 15) is 11.0 Å². The molecule has 0 saturated carbocycles. The SMILES string of the molecule is [2H]c1c([2H])c([2H])c([Si](c2ccccc2)(c2ccccc2)c2c([2H])c([2H])c(-n3c4ccccc4c4cc(-n5c6c([2H])c([2H])c([2H])c([2H])c6c6c([2H])c([2H])c([2H])c([2H])c65)c5oc6ccccc6c5c43)c([2H])c2[2H])c([2H])c1[2H]. The van der Waals surface area contributed by atoms with Gasteiger partial charge in [-0.2, -0.15) is 0 Å². The molecule has 0 spiro atoms. The fourth-order valence-corrected chi connectivity index (χ4v) is 12.8. The number of benzene rings is 9. The Morgan fingerprint density at radius 1 is 0.414 bits per heavy atom. The topological polar surface area (TPSA) is 23.0 Å². The molecule has 3 heterocycles. The lowest BCUT2D eigenvalue weighted by Gasteiger charge is -2.34. The monoisotopic (exact) mass is 773 g/mol. The summed E-state index contributed by atoms with van der Waals surface area (Å²) in [5.74, 6) is 0. The number of aromatic nitrogens is 2. The van der Waals surface area contributed by atoms with Crippen molar-refractivity contribution in [3.05, 3.63) is 218 Å². The van der Waals surface area contributed by atoms with Crippen LogP contribution in [0.5, 0.6) is 0 Å². The van der Waals surface area contributed by atoms with Crippen molar-refractivity contribution in [3.63, 3.8) is 0 Å². The van der Waals surface area contributed by atoms with Crippen molar-refractivity contribution < 1.29 is 27.7 Å². The van der Waals surface area contributed by atoms with E-state index >= 15 is 0 Å². The summed E-state index contributed by atoms with van der Waals surface area (Å²) in [7, 11) is -4.48. The smallest absolute Gasteiger partial charge is 0.179 e. The maximum absolute atomic E-state index is 10.2. The molecule has 0 aliphatic carbocycles. The molecule has 0 fully saturated rings. The molecule has 0 aliphatic rings. The Labute approximate surface area is 360 Å². The fourth-order valence-electron chi connectivity index (χ4n) is 8.67. The van der Waals surface area contributed by atoms with Crippen LogP contribution in [0.25, 0.3) is 76.9 Å². The summed E-state index contributed by atoms with van der Waals surface area (Å²) in [5.41, 5.74) is 0.885. The van der Waals surface area contributed by atoms with Gasteiger partial charge in [-0.1, -0.05) is 176 Å². The van der Waals surface area contributed by atoms with Gasteiger partial charge < -0.3 is 13.6 Å². The molecule has 12 aromatic rings. The molecule has 4 heteroatoms. The van der Waals surface area contributed by atoms with Crippen molar-refractivity contribution >= 4 is 94.4 Å². The van der Waals surface area contributed by atoms with Crippen LogP contribution < -0.4 is 20.7 Å². The Morgan fingerprint density at radius 2 is 0.966 bits per heavy atom. The lowest BCUT2D eigenvalue weighted by atomic mass is 10.1. The number of rotatable bonds is 6. The maximum Gasteiger partial charge on any atom is 0.179 e. The minimum Gasteiger partial charge on any atom is -0.454 e. The number of furan rings is 1. The van der Waals surface area contributed by atoms with E-state index < -0.39 is 111 Å². The average Bonchev–Trinajstić information content (AvgIpc) is 4.16. The maximum atomic E-state index is 10.2. The van der Waals surface area contributed by atoms with E-state index in [1.165, 1.54) is 4.57 Å². The summed E-state index contributed by atoms with van der Waals surface area (Å²) in [6.45, 7) is 0. The molecule has 9 aromatic carbocycles. The summed E-state index contributed by atoms with van der Waals surface area (Å²) in [4.78, 5) is 0. The largest absolute Gasteiger partial charge is 0.454 e. The van der Waals surface area contributed by atoms with Crippen LogP contribution in [0.2, 0.25) is 0 Å². The quantitative estimate of drug-likeness (QED) is 0.122. The van der Waals surface area contributed by atoms with Crippen molar-refractivity contribution in [1.29, 1.82) is 0 Å². The standard InChI is InChI=1S/C54H36N2OSi/c1-4-18-38(19-5-1)58(39-20-6-2-7-21-39,40-22-8-3-9-23-40)41-34-32-37(33-35-41)55-47-28-14-12-26-44(47)46-36-50(54-52(53(46)55)45-27-13-17-31-51(45)57-54)56-48-29-15-10-24-42(48)43-25-11-16-30-49(43)56/h1-36H/i1D,4D,5D,10D,11D,15D,16D,18D,19D,24D,25D,29D,30D,32D,33D,34D,35D. The minimum atomic E-state index is -4.48. The normalized spacial score (nSPS) is 16.2. The van der Waals surface area contributed by atoms with Crippen LogP contribution in [0.1, 0.15) is 23.3 Å². The summed E-state index contributed by atoms with van der Waals surface area (Å²) >= 11 is 0.